The molecule has 3 rings (SSSR count). The van der Waals surface area contributed by atoms with Crippen molar-refractivity contribution < 1.29 is 9.21 Å². The van der Waals surface area contributed by atoms with Crippen LogP contribution in [0.4, 0.5) is 5.69 Å². The molecule has 4 nitrogen and oxygen atoms in total. The largest absolute Gasteiger partial charge is 0.440 e. The van der Waals surface area contributed by atoms with Crippen molar-refractivity contribution in [3.63, 3.8) is 0 Å². The van der Waals surface area contributed by atoms with Crippen LogP contribution in [0.25, 0.3) is 10.8 Å². The lowest BCUT2D eigenvalue weighted by Crippen LogP contribution is -2.27. The van der Waals surface area contributed by atoms with Crippen molar-refractivity contribution >= 4 is 38.9 Å². The summed E-state index contributed by atoms with van der Waals surface area (Å²) in [5.74, 6) is 0.835. The van der Waals surface area contributed by atoms with Crippen molar-refractivity contribution in [1.82, 2.24) is 4.98 Å². The molecule has 0 radical (unpaired) electrons. The van der Waals surface area contributed by atoms with Gasteiger partial charge in [-0.3, -0.25) is 4.79 Å². The maximum absolute atomic E-state index is 12.8. The lowest BCUT2D eigenvalue weighted by molar-refractivity contribution is 0.0987. The van der Waals surface area contributed by atoms with Crippen LogP contribution in [-0.2, 0) is 0 Å². The number of anilines is 1. The van der Waals surface area contributed by atoms with Crippen LogP contribution >= 0.6 is 27.3 Å². The van der Waals surface area contributed by atoms with Crippen LogP contribution in [0.15, 0.2) is 44.6 Å². The highest BCUT2D eigenvalue weighted by Gasteiger charge is 2.23. The summed E-state index contributed by atoms with van der Waals surface area (Å²) in [5.41, 5.74) is 2.20. The van der Waals surface area contributed by atoms with Crippen molar-refractivity contribution in [1.29, 1.82) is 0 Å². The van der Waals surface area contributed by atoms with Crippen LogP contribution in [0.1, 0.15) is 21.8 Å². The maximum Gasteiger partial charge on any atom is 0.280 e. The number of rotatable bonds is 3. The van der Waals surface area contributed by atoms with Gasteiger partial charge in [0.25, 0.3) is 5.91 Å². The highest BCUT2D eigenvalue weighted by atomic mass is 79.9. The Hall–Kier alpha value is -1.92. The molecule has 0 N–H and O–H groups in total. The smallest absolute Gasteiger partial charge is 0.280 e. The number of amides is 1. The van der Waals surface area contributed by atoms with Gasteiger partial charge in [0, 0.05) is 17.2 Å². The average Bonchev–Trinajstić information content (AvgIpc) is 3.15. The first-order valence-corrected chi connectivity index (χ1v) is 8.70. The predicted molar refractivity (Wildman–Crippen MR) is 96.2 cm³/mol. The molecule has 0 aliphatic carbocycles. The number of carbonyl (C=O) groups is 1. The van der Waals surface area contributed by atoms with E-state index in [-0.39, 0.29) is 5.91 Å². The third-order valence-corrected chi connectivity index (χ3v) is 4.91. The van der Waals surface area contributed by atoms with E-state index in [4.69, 9.17) is 4.42 Å². The Morgan fingerprint density at radius 3 is 2.74 bits per heavy atom. The zero-order chi connectivity index (χ0) is 16.6. The zero-order valence-electron chi connectivity index (χ0n) is 13.0. The molecule has 3 aromatic rings. The molecule has 0 aliphatic rings. The fourth-order valence-corrected chi connectivity index (χ4v) is 3.49. The molecule has 0 fully saturated rings. The molecule has 0 saturated heterocycles. The first-order valence-electron chi connectivity index (χ1n) is 7.03. The van der Waals surface area contributed by atoms with E-state index in [0.717, 1.165) is 20.6 Å². The van der Waals surface area contributed by atoms with Crippen LogP contribution in [-0.4, -0.2) is 17.9 Å². The molecule has 2 aromatic heterocycles. The molecule has 1 amide bonds. The second-order valence-electron chi connectivity index (χ2n) is 5.20. The van der Waals surface area contributed by atoms with E-state index in [1.165, 1.54) is 11.3 Å². The number of oxazole rings is 1. The average molecular weight is 391 g/mol. The molecule has 6 heteroatoms. The molecule has 0 saturated carbocycles. The number of aromatic nitrogens is 1. The first kappa shape index (κ1) is 16.0. The van der Waals surface area contributed by atoms with E-state index in [1.54, 1.807) is 18.9 Å². The maximum atomic E-state index is 12.8. The van der Waals surface area contributed by atoms with E-state index in [0.29, 0.717) is 17.3 Å². The summed E-state index contributed by atoms with van der Waals surface area (Å²) < 4.78 is 6.64. The Kier molecular flexibility index (Phi) is 4.37. The quantitative estimate of drug-likeness (QED) is 0.627. The second kappa shape index (κ2) is 6.29. The monoisotopic (exact) mass is 390 g/mol. The van der Waals surface area contributed by atoms with Gasteiger partial charge >= 0.3 is 0 Å². The molecular formula is C17H15BrN2O2S. The molecule has 0 spiro atoms. The minimum absolute atomic E-state index is 0.181. The van der Waals surface area contributed by atoms with E-state index < -0.39 is 0 Å². The van der Waals surface area contributed by atoms with Gasteiger partial charge in [-0.15, -0.1) is 11.3 Å². The normalized spacial score (nSPS) is 10.8. The Bertz CT molecular complexity index is 856. The van der Waals surface area contributed by atoms with Crippen LogP contribution in [0.3, 0.4) is 0 Å². The molecular weight excluding hydrogens is 376 g/mol. The summed E-state index contributed by atoms with van der Waals surface area (Å²) in [6.45, 7) is 3.73. The second-order valence-corrected chi connectivity index (χ2v) is 7.06. The van der Waals surface area contributed by atoms with Crippen LogP contribution < -0.4 is 4.90 Å². The summed E-state index contributed by atoms with van der Waals surface area (Å²) in [7, 11) is 1.75. The van der Waals surface area contributed by atoms with Gasteiger partial charge in [0.1, 0.15) is 5.76 Å². The van der Waals surface area contributed by atoms with Crippen molar-refractivity contribution in [2.45, 2.75) is 13.8 Å². The molecule has 0 atom stereocenters. The lowest BCUT2D eigenvalue weighted by Gasteiger charge is -2.18. The Morgan fingerprint density at radius 1 is 1.30 bits per heavy atom. The van der Waals surface area contributed by atoms with Crippen molar-refractivity contribution in [3.05, 3.63) is 57.2 Å². The number of hydrogen-bond acceptors (Lipinski definition) is 4. The van der Waals surface area contributed by atoms with E-state index in [9.17, 15) is 4.79 Å². The number of nitrogens with zero attached hydrogens (tertiary/aromatic N) is 2. The van der Waals surface area contributed by atoms with Crippen LogP contribution in [0, 0.1) is 13.8 Å². The van der Waals surface area contributed by atoms with Gasteiger partial charge in [-0.1, -0.05) is 22.0 Å². The predicted octanol–water partition coefficient (Wildman–Crippen LogP) is 5.06. The van der Waals surface area contributed by atoms with Crippen molar-refractivity contribution in [2.75, 3.05) is 11.9 Å². The summed E-state index contributed by atoms with van der Waals surface area (Å²) in [6, 6.07) is 9.66. The number of carbonyl (C=O) groups excluding carboxylic acids is 1. The van der Waals surface area contributed by atoms with E-state index in [2.05, 4.69) is 20.9 Å². The van der Waals surface area contributed by atoms with Gasteiger partial charge in [0.2, 0.25) is 5.89 Å². The summed E-state index contributed by atoms with van der Waals surface area (Å²) >= 11 is 4.97. The van der Waals surface area contributed by atoms with E-state index >= 15 is 0 Å². The number of benzene rings is 1. The van der Waals surface area contributed by atoms with Crippen LogP contribution in [0.2, 0.25) is 0 Å². The molecule has 118 valence electrons. The SMILES string of the molecule is Cc1cc(Br)ccc1N(C)C(=O)c1nc(-c2cccs2)oc1C. The fourth-order valence-electron chi connectivity index (χ4n) is 2.36. The highest BCUT2D eigenvalue weighted by Crippen LogP contribution is 2.28. The van der Waals surface area contributed by atoms with Gasteiger partial charge in [0.05, 0.1) is 4.88 Å². The summed E-state index contributed by atoms with van der Waals surface area (Å²) in [6.07, 6.45) is 0. The number of aryl methyl sites for hydroxylation is 2. The molecule has 23 heavy (non-hydrogen) atoms. The third-order valence-electron chi connectivity index (χ3n) is 3.56. The number of hydrogen-bond donors (Lipinski definition) is 0. The third kappa shape index (κ3) is 3.09. The van der Waals surface area contributed by atoms with Crippen molar-refractivity contribution in [3.8, 4) is 10.8 Å². The van der Waals surface area contributed by atoms with Crippen LogP contribution in [0.5, 0.6) is 0 Å². The number of thiophene rings is 1. The van der Waals surface area contributed by atoms with Gasteiger partial charge < -0.3 is 9.32 Å². The van der Waals surface area contributed by atoms with Gasteiger partial charge in [-0.05, 0) is 49.1 Å². The van der Waals surface area contributed by atoms with Gasteiger partial charge in [0.15, 0.2) is 5.69 Å². The molecule has 0 aliphatic heterocycles. The minimum Gasteiger partial charge on any atom is -0.440 e. The topological polar surface area (TPSA) is 46.3 Å². The first-order chi connectivity index (χ1) is 11.0. The van der Waals surface area contributed by atoms with E-state index in [1.807, 2.05) is 42.6 Å². The molecule has 2 heterocycles. The summed E-state index contributed by atoms with van der Waals surface area (Å²) in [5, 5.41) is 1.95. The number of halogens is 1. The van der Waals surface area contributed by atoms with Gasteiger partial charge in [-0.25, -0.2) is 4.98 Å². The molecule has 1 aromatic carbocycles. The Morgan fingerprint density at radius 2 is 2.09 bits per heavy atom. The molecule has 0 bridgehead atoms. The lowest BCUT2D eigenvalue weighted by atomic mass is 10.2. The minimum atomic E-state index is -0.181. The van der Waals surface area contributed by atoms with Gasteiger partial charge in [-0.2, -0.15) is 0 Å². The highest BCUT2D eigenvalue weighted by molar-refractivity contribution is 9.10. The fraction of sp³-hybridized carbons (Fsp3) is 0.176. The molecule has 0 unspecified atom stereocenters. The zero-order valence-corrected chi connectivity index (χ0v) is 15.4. The standard InChI is InChI=1S/C17H15BrN2O2S/c1-10-9-12(18)6-7-13(10)20(3)17(21)15-11(2)22-16(19-15)14-5-4-8-23-14/h4-9H,1-3H3. The Labute approximate surface area is 146 Å². The van der Waals surface area contributed by atoms with Crippen molar-refractivity contribution in [2.24, 2.45) is 0 Å². The Balaban J connectivity index is 1.94. The summed E-state index contributed by atoms with van der Waals surface area (Å²) in [4.78, 5) is 19.7.